The molecule has 1 amide bonds. The Kier molecular flexibility index (Phi) is 3.13. The summed E-state index contributed by atoms with van der Waals surface area (Å²) in [6, 6.07) is 3.30. The number of amides is 1. The third-order valence-electron chi connectivity index (χ3n) is 3.87. The molecule has 2 N–H and O–H groups in total. The molecule has 0 aromatic heterocycles. The fraction of sp³-hybridized carbons (Fsp3) is 0.267. The normalized spacial score (nSPS) is 14.1. The minimum Gasteiger partial charge on any atom is -0.505 e. The average Bonchev–Trinajstić information content (AvgIpc) is 2.52. The van der Waals surface area contributed by atoms with Gasteiger partial charge >= 0.3 is 0 Å². The summed E-state index contributed by atoms with van der Waals surface area (Å²) in [5.41, 5.74) is -0.276. The molecule has 0 fully saturated rings. The smallest absolute Gasteiger partial charge is 0.272 e. The van der Waals surface area contributed by atoms with E-state index >= 15 is 0 Å². The van der Waals surface area contributed by atoms with Gasteiger partial charge in [-0.05, 0) is 18.1 Å². The molecule has 0 unspecified atom stereocenters. The number of phenols is 1. The van der Waals surface area contributed by atoms with Crippen LogP contribution in [0, 0.1) is 0 Å². The van der Waals surface area contributed by atoms with E-state index in [1.54, 1.807) is 19.2 Å². The lowest BCUT2D eigenvalue weighted by molar-refractivity contribution is 0.0777. The molecule has 1 heterocycles. The van der Waals surface area contributed by atoms with Crippen LogP contribution in [0.4, 0.5) is 11.4 Å². The molecule has 7 heteroatoms. The van der Waals surface area contributed by atoms with Gasteiger partial charge in [-0.15, -0.1) is 0 Å². The zero-order valence-corrected chi connectivity index (χ0v) is 12.1. The number of benzene rings is 1. The molecular formula is C15H14N2O5. The maximum absolute atomic E-state index is 12.2. The second-order valence-electron chi connectivity index (χ2n) is 5.16. The Balaban J connectivity index is 2.03. The lowest BCUT2D eigenvalue weighted by Crippen LogP contribution is -2.35. The minimum atomic E-state index is -0.711. The van der Waals surface area contributed by atoms with Crippen molar-refractivity contribution in [1.82, 2.24) is 4.90 Å². The number of methoxy groups -OCH3 is 1. The van der Waals surface area contributed by atoms with Crippen molar-refractivity contribution in [2.75, 3.05) is 26.0 Å². The highest BCUT2D eigenvalue weighted by atomic mass is 16.5. The van der Waals surface area contributed by atoms with Crippen LogP contribution in [0.15, 0.2) is 21.7 Å². The van der Waals surface area contributed by atoms with Crippen LogP contribution in [0.1, 0.15) is 15.9 Å². The van der Waals surface area contributed by atoms with Crippen LogP contribution in [0.3, 0.4) is 0 Å². The molecule has 0 aliphatic carbocycles. The first-order valence-electron chi connectivity index (χ1n) is 6.70. The van der Waals surface area contributed by atoms with Gasteiger partial charge in [0, 0.05) is 13.6 Å². The summed E-state index contributed by atoms with van der Waals surface area (Å²) >= 11 is 0. The van der Waals surface area contributed by atoms with Crippen molar-refractivity contribution >= 4 is 17.3 Å². The molecule has 1 aliphatic heterocycles. The van der Waals surface area contributed by atoms with Gasteiger partial charge in [-0.25, -0.2) is 0 Å². The van der Waals surface area contributed by atoms with Gasteiger partial charge in [-0.3, -0.25) is 14.4 Å². The van der Waals surface area contributed by atoms with Crippen LogP contribution in [-0.2, 0) is 6.42 Å². The van der Waals surface area contributed by atoms with Gasteiger partial charge in [0.1, 0.15) is 5.69 Å². The van der Waals surface area contributed by atoms with Gasteiger partial charge in [0.25, 0.3) is 16.8 Å². The molecule has 0 saturated heterocycles. The molecule has 1 aliphatic rings. The summed E-state index contributed by atoms with van der Waals surface area (Å²) in [6.07, 6.45) is 0.648. The van der Waals surface area contributed by atoms with E-state index < -0.39 is 10.9 Å². The van der Waals surface area contributed by atoms with Gasteiger partial charge in [0.05, 0.1) is 18.4 Å². The second kappa shape index (κ2) is 4.87. The molecule has 0 bridgehead atoms. The van der Waals surface area contributed by atoms with Crippen molar-refractivity contribution < 1.29 is 14.6 Å². The number of carbonyl (C=O) groups is 1. The molecular weight excluding hydrogens is 288 g/mol. The number of ether oxygens (including phenoxy) is 1. The lowest BCUT2D eigenvalue weighted by Gasteiger charge is -2.26. The van der Waals surface area contributed by atoms with Crippen molar-refractivity contribution in [3.05, 3.63) is 43.7 Å². The number of anilines is 2. The van der Waals surface area contributed by atoms with Crippen molar-refractivity contribution in [2.45, 2.75) is 6.42 Å². The van der Waals surface area contributed by atoms with E-state index in [-0.39, 0.29) is 34.3 Å². The van der Waals surface area contributed by atoms with Gasteiger partial charge in [0.2, 0.25) is 0 Å². The van der Waals surface area contributed by atoms with Crippen LogP contribution >= 0.6 is 0 Å². The maximum atomic E-state index is 12.2. The van der Waals surface area contributed by atoms with Gasteiger partial charge < -0.3 is 20.1 Å². The summed E-state index contributed by atoms with van der Waals surface area (Å²) in [7, 11) is 2.94. The second-order valence-corrected chi connectivity index (χ2v) is 5.16. The van der Waals surface area contributed by atoms with Crippen LogP contribution < -0.4 is 20.9 Å². The quantitative estimate of drug-likeness (QED) is 0.628. The van der Waals surface area contributed by atoms with Crippen LogP contribution in [-0.4, -0.2) is 36.6 Å². The monoisotopic (exact) mass is 302 g/mol. The fourth-order valence-electron chi connectivity index (χ4n) is 2.58. The van der Waals surface area contributed by atoms with E-state index in [1.807, 2.05) is 0 Å². The number of nitrogens with zero attached hydrogens (tertiary/aromatic N) is 1. The zero-order valence-electron chi connectivity index (χ0n) is 12.1. The summed E-state index contributed by atoms with van der Waals surface area (Å²) < 4.78 is 4.83. The molecule has 2 aromatic carbocycles. The number of aromatic hydroxyl groups is 1. The van der Waals surface area contributed by atoms with Crippen LogP contribution in [0.5, 0.6) is 11.5 Å². The Hall–Kier alpha value is -2.83. The average molecular weight is 302 g/mol. The molecule has 0 saturated carbocycles. The summed E-state index contributed by atoms with van der Waals surface area (Å²) in [5, 5.41) is 13.0. The number of fused-ring (bicyclic) bond motifs is 1. The molecule has 3 rings (SSSR count). The number of likely N-dealkylation sites (N-methyl/N-ethyl adjacent to an activating group) is 1. The van der Waals surface area contributed by atoms with Crippen LogP contribution in [0.2, 0.25) is 0 Å². The third-order valence-corrected chi connectivity index (χ3v) is 3.87. The Labute approximate surface area is 125 Å². The number of hydrogen-bond donors (Lipinski definition) is 2. The van der Waals surface area contributed by atoms with E-state index in [0.29, 0.717) is 13.0 Å². The largest absolute Gasteiger partial charge is 0.505 e. The first kappa shape index (κ1) is 14.1. The Morgan fingerprint density at radius 2 is 1.95 bits per heavy atom. The molecule has 114 valence electrons. The summed E-state index contributed by atoms with van der Waals surface area (Å²) in [6.45, 7) is 0.587. The van der Waals surface area contributed by atoms with Crippen molar-refractivity contribution in [2.24, 2.45) is 0 Å². The molecule has 7 nitrogen and oxygen atoms in total. The van der Waals surface area contributed by atoms with Crippen molar-refractivity contribution in [1.29, 1.82) is 0 Å². The van der Waals surface area contributed by atoms with Crippen molar-refractivity contribution in [3.8, 4) is 11.5 Å². The first-order chi connectivity index (χ1) is 10.5. The number of rotatable bonds is 3. The Bertz CT molecular complexity index is 848. The zero-order chi connectivity index (χ0) is 16.0. The van der Waals surface area contributed by atoms with Gasteiger partial charge in [-0.1, -0.05) is 6.07 Å². The number of carbonyl (C=O) groups excluding carboxylic acids is 1. The predicted molar refractivity (Wildman–Crippen MR) is 80.0 cm³/mol. The highest BCUT2D eigenvalue weighted by Gasteiger charge is 2.28. The Morgan fingerprint density at radius 3 is 2.64 bits per heavy atom. The fourth-order valence-corrected chi connectivity index (χ4v) is 2.58. The maximum Gasteiger partial charge on any atom is 0.272 e. The molecule has 2 aromatic rings. The molecule has 0 radical (unpaired) electrons. The number of nitrogens with one attached hydrogen (secondary N) is 1. The summed E-state index contributed by atoms with van der Waals surface area (Å²) in [4.78, 5) is 36.5. The van der Waals surface area contributed by atoms with Crippen molar-refractivity contribution in [3.63, 3.8) is 0 Å². The highest BCUT2D eigenvalue weighted by molar-refractivity contribution is 6.01. The Morgan fingerprint density at radius 1 is 1.23 bits per heavy atom. The lowest BCUT2D eigenvalue weighted by atomic mass is 9.97. The third kappa shape index (κ3) is 1.86. The molecule has 0 spiro atoms. The first-order valence-corrected chi connectivity index (χ1v) is 6.70. The SMILES string of the molecule is COc1c(Nc2ccc3c(c2O)C(=O)N(C)CC3)c(=O)c1=O. The number of hydrogen-bond acceptors (Lipinski definition) is 6. The van der Waals surface area contributed by atoms with E-state index in [9.17, 15) is 19.5 Å². The highest BCUT2D eigenvalue weighted by Crippen LogP contribution is 2.36. The minimum absolute atomic E-state index is 0.0145. The standard InChI is InChI=1S/C15H14N2O5/c1-17-6-5-7-3-4-8(11(18)9(7)15(17)21)16-10-12(19)13(20)14(10)22-2/h3-4,16,18H,5-6H2,1-2H3. The summed E-state index contributed by atoms with van der Waals surface area (Å²) in [5.74, 6) is -0.589. The topological polar surface area (TPSA) is 95.9 Å². The van der Waals surface area contributed by atoms with E-state index in [0.717, 1.165) is 5.56 Å². The van der Waals surface area contributed by atoms with Gasteiger partial charge in [-0.2, -0.15) is 0 Å². The van der Waals surface area contributed by atoms with E-state index in [2.05, 4.69) is 5.32 Å². The van der Waals surface area contributed by atoms with Gasteiger partial charge in [0.15, 0.2) is 11.5 Å². The molecule has 0 atom stereocenters. The van der Waals surface area contributed by atoms with E-state index in [1.165, 1.54) is 12.0 Å². The number of phenolic OH excluding ortho intramolecular Hbond substituents is 1. The predicted octanol–water partition coefficient (Wildman–Crippen LogP) is 0.368. The molecule has 22 heavy (non-hydrogen) atoms. The van der Waals surface area contributed by atoms with E-state index in [4.69, 9.17) is 4.74 Å². The van der Waals surface area contributed by atoms with Crippen LogP contribution in [0.25, 0.3) is 0 Å².